The van der Waals surface area contributed by atoms with E-state index in [-0.39, 0.29) is 0 Å². The summed E-state index contributed by atoms with van der Waals surface area (Å²) in [4.78, 5) is 4.65. The van der Waals surface area contributed by atoms with Crippen molar-refractivity contribution in [1.29, 1.82) is 0 Å². The Labute approximate surface area is 113 Å². The number of piperidine rings is 1. The minimum absolute atomic E-state index is 0.522. The molecule has 1 aliphatic rings. The molecule has 0 amide bonds. The first-order valence-electron chi connectivity index (χ1n) is 5.79. The van der Waals surface area contributed by atoms with E-state index in [1.807, 2.05) is 18.3 Å². The lowest BCUT2D eigenvalue weighted by atomic mass is 9.97. The fourth-order valence-electron chi connectivity index (χ4n) is 2.41. The number of pyridine rings is 1. The lowest BCUT2D eigenvalue weighted by Crippen LogP contribution is -2.27. The molecule has 0 unspecified atom stereocenters. The Bertz CT molecular complexity index is 546. The SMILES string of the molecule is Clc1ccc2c(Br)nc(C3CCNCC3)n2c1. The maximum Gasteiger partial charge on any atom is 0.132 e. The zero-order valence-electron chi connectivity index (χ0n) is 9.29. The van der Waals surface area contributed by atoms with Gasteiger partial charge in [0, 0.05) is 12.1 Å². The van der Waals surface area contributed by atoms with Crippen molar-refractivity contribution in [3.63, 3.8) is 0 Å². The van der Waals surface area contributed by atoms with Crippen LogP contribution >= 0.6 is 27.5 Å². The van der Waals surface area contributed by atoms with Gasteiger partial charge in [-0.3, -0.25) is 0 Å². The highest BCUT2D eigenvalue weighted by Crippen LogP contribution is 2.29. The molecule has 0 atom stereocenters. The van der Waals surface area contributed by atoms with Crippen LogP contribution in [0.1, 0.15) is 24.6 Å². The van der Waals surface area contributed by atoms with Crippen molar-refractivity contribution in [3.05, 3.63) is 33.8 Å². The van der Waals surface area contributed by atoms with Gasteiger partial charge in [0.05, 0.1) is 10.5 Å². The summed E-state index contributed by atoms with van der Waals surface area (Å²) < 4.78 is 3.02. The van der Waals surface area contributed by atoms with E-state index < -0.39 is 0 Å². The molecule has 90 valence electrons. The van der Waals surface area contributed by atoms with E-state index in [1.165, 1.54) is 0 Å². The van der Waals surface area contributed by atoms with Crippen LogP contribution in [0.4, 0.5) is 0 Å². The molecule has 0 aliphatic carbocycles. The highest BCUT2D eigenvalue weighted by atomic mass is 79.9. The number of fused-ring (bicyclic) bond motifs is 1. The summed E-state index contributed by atoms with van der Waals surface area (Å²) >= 11 is 9.58. The molecule has 1 aliphatic heterocycles. The van der Waals surface area contributed by atoms with Gasteiger partial charge in [-0.15, -0.1) is 0 Å². The summed E-state index contributed by atoms with van der Waals surface area (Å²) in [7, 11) is 0. The Hall–Kier alpha value is -0.580. The maximum absolute atomic E-state index is 6.06. The number of hydrogen-bond donors (Lipinski definition) is 1. The fraction of sp³-hybridized carbons (Fsp3) is 0.417. The monoisotopic (exact) mass is 313 g/mol. The van der Waals surface area contributed by atoms with E-state index in [9.17, 15) is 0 Å². The summed E-state index contributed by atoms with van der Waals surface area (Å²) in [5.74, 6) is 1.64. The van der Waals surface area contributed by atoms with Crippen LogP contribution in [0.2, 0.25) is 5.02 Å². The summed E-state index contributed by atoms with van der Waals surface area (Å²) in [5.41, 5.74) is 1.09. The molecule has 1 fully saturated rings. The molecule has 0 saturated carbocycles. The third-order valence-electron chi connectivity index (χ3n) is 3.29. The van der Waals surface area contributed by atoms with E-state index >= 15 is 0 Å². The predicted molar refractivity (Wildman–Crippen MR) is 72.7 cm³/mol. The third kappa shape index (κ3) is 2.09. The quantitative estimate of drug-likeness (QED) is 0.876. The van der Waals surface area contributed by atoms with Crippen LogP contribution in [-0.2, 0) is 0 Å². The Morgan fingerprint density at radius 2 is 2.12 bits per heavy atom. The number of nitrogens with zero attached hydrogens (tertiary/aromatic N) is 2. The molecule has 3 nitrogen and oxygen atoms in total. The molecule has 17 heavy (non-hydrogen) atoms. The van der Waals surface area contributed by atoms with Crippen LogP contribution in [0.15, 0.2) is 22.9 Å². The summed E-state index contributed by atoms with van der Waals surface area (Å²) in [6.07, 6.45) is 4.22. The largest absolute Gasteiger partial charge is 0.317 e. The molecule has 2 aromatic rings. The smallest absolute Gasteiger partial charge is 0.132 e. The standard InChI is InChI=1S/C12H13BrClN3/c13-11-10-2-1-9(14)7-17(10)12(16-11)8-3-5-15-6-4-8/h1-2,7-8,15H,3-6H2. The van der Waals surface area contributed by atoms with Gasteiger partial charge >= 0.3 is 0 Å². The average Bonchev–Trinajstić information content (AvgIpc) is 2.67. The van der Waals surface area contributed by atoms with E-state index in [1.54, 1.807) is 0 Å². The van der Waals surface area contributed by atoms with Gasteiger partial charge in [-0.2, -0.15) is 0 Å². The van der Waals surface area contributed by atoms with Crippen molar-refractivity contribution >= 4 is 33.0 Å². The van der Waals surface area contributed by atoms with Gasteiger partial charge in [0.25, 0.3) is 0 Å². The van der Waals surface area contributed by atoms with Gasteiger partial charge in [0.2, 0.25) is 0 Å². The molecule has 3 heterocycles. The minimum Gasteiger partial charge on any atom is -0.317 e. The molecule has 5 heteroatoms. The van der Waals surface area contributed by atoms with Crippen molar-refractivity contribution in [2.24, 2.45) is 0 Å². The molecule has 0 bridgehead atoms. The molecule has 0 spiro atoms. The first kappa shape index (κ1) is 11.5. The van der Waals surface area contributed by atoms with Crippen LogP contribution < -0.4 is 5.32 Å². The summed E-state index contributed by atoms with van der Waals surface area (Å²) in [6.45, 7) is 2.13. The second-order valence-electron chi connectivity index (χ2n) is 4.39. The van der Waals surface area contributed by atoms with Crippen molar-refractivity contribution in [3.8, 4) is 0 Å². The van der Waals surface area contributed by atoms with Crippen LogP contribution in [0, 0.1) is 0 Å². The zero-order chi connectivity index (χ0) is 11.8. The number of nitrogens with one attached hydrogen (secondary N) is 1. The number of halogens is 2. The second kappa shape index (κ2) is 4.59. The van der Waals surface area contributed by atoms with Crippen molar-refractivity contribution < 1.29 is 0 Å². The van der Waals surface area contributed by atoms with Gasteiger partial charge in [0.1, 0.15) is 10.4 Å². The topological polar surface area (TPSA) is 29.3 Å². The third-order valence-corrected chi connectivity index (χ3v) is 4.09. The zero-order valence-corrected chi connectivity index (χ0v) is 11.6. The van der Waals surface area contributed by atoms with E-state index in [4.69, 9.17) is 11.6 Å². The Kier molecular flexibility index (Phi) is 3.11. The first-order chi connectivity index (χ1) is 8.25. The van der Waals surface area contributed by atoms with Crippen molar-refractivity contribution in [2.75, 3.05) is 13.1 Å². The van der Waals surface area contributed by atoms with Gasteiger partial charge < -0.3 is 9.72 Å². The number of imidazole rings is 1. The predicted octanol–water partition coefficient (Wildman–Crippen LogP) is 3.22. The molecule has 0 aromatic carbocycles. The van der Waals surface area contributed by atoms with E-state index in [0.717, 1.165) is 46.9 Å². The molecule has 0 radical (unpaired) electrons. The Morgan fingerprint density at radius 1 is 1.35 bits per heavy atom. The minimum atomic E-state index is 0.522. The van der Waals surface area contributed by atoms with Gasteiger partial charge in [0.15, 0.2) is 0 Å². The highest BCUT2D eigenvalue weighted by Gasteiger charge is 2.21. The second-order valence-corrected chi connectivity index (χ2v) is 5.58. The summed E-state index contributed by atoms with van der Waals surface area (Å²) in [5, 5.41) is 4.12. The van der Waals surface area contributed by atoms with Crippen LogP contribution in [-0.4, -0.2) is 22.5 Å². The Morgan fingerprint density at radius 3 is 2.88 bits per heavy atom. The van der Waals surface area contributed by atoms with Crippen molar-refractivity contribution in [1.82, 2.24) is 14.7 Å². The van der Waals surface area contributed by atoms with Gasteiger partial charge in [-0.05, 0) is 54.0 Å². The van der Waals surface area contributed by atoms with Crippen LogP contribution in [0.25, 0.3) is 5.52 Å². The van der Waals surface area contributed by atoms with E-state index in [2.05, 4.69) is 30.6 Å². The number of hydrogen-bond acceptors (Lipinski definition) is 2. The fourth-order valence-corrected chi connectivity index (χ4v) is 3.08. The van der Waals surface area contributed by atoms with Crippen LogP contribution in [0.3, 0.4) is 0 Å². The lowest BCUT2D eigenvalue weighted by molar-refractivity contribution is 0.444. The Balaban J connectivity index is 2.11. The highest BCUT2D eigenvalue weighted by molar-refractivity contribution is 9.10. The molecule has 2 aromatic heterocycles. The molecule has 1 N–H and O–H groups in total. The molecular formula is C12H13BrClN3. The van der Waals surface area contributed by atoms with Gasteiger partial charge in [-0.1, -0.05) is 11.6 Å². The molecule has 3 rings (SSSR count). The molecular weight excluding hydrogens is 302 g/mol. The average molecular weight is 315 g/mol. The first-order valence-corrected chi connectivity index (χ1v) is 6.96. The normalized spacial score (nSPS) is 17.8. The van der Waals surface area contributed by atoms with Crippen molar-refractivity contribution in [2.45, 2.75) is 18.8 Å². The number of rotatable bonds is 1. The number of aromatic nitrogens is 2. The van der Waals surface area contributed by atoms with Crippen LogP contribution in [0.5, 0.6) is 0 Å². The molecule has 1 saturated heterocycles. The van der Waals surface area contributed by atoms with Gasteiger partial charge in [-0.25, -0.2) is 4.98 Å². The maximum atomic E-state index is 6.06. The van der Waals surface area contributed by atoms with E-state index in [0.29, 0.717) is 5.92 Å². The summed E-state index contributed by atoms with van der Waals surface area (Å²) in [6, 6.07) is 3.90. The lowest BCUT2D eigenvalue weighted by Gasteiger charge is -2.21.